The van der Waals surface area contributed by atoms with E-state index in [9.17, 15) is 8.42 Å². The Labute approximate surface area is 117 Å². The average Bonchev–Trinajstić information content (AvgIpc) is 2.34. The van der Waals surface area contributed by atoms with E-state index in [1.165, 1.54) is 17.4 Å². The summed E-state index contributed by atoms with van der Waals surface area (Å²) in [6.45, 7) is 5.15. The zero-order valence-electron chi connectivity index (χ0n) is 12.1. The van der Waals surface area contributed by atoms with Gasteiger partial charge in [0.15, 0.2) is 0 Å². The molecule has 0 aliphatic rings. The first kappa shape index (κ1) is 16.2. The highest BCUT2D eigenvalue weighted by atomic mass is 32.2. The van der Waals surface area contributed by atoms with Gasteiger partial charge < -0.3 is 5.32 Å². The van der Waals surface area contributed by atoms with Crippen molar-refractivity contribution in [2.24, 2.45) is 0 Å². The van der Waals surface area contributed by atoms with Crippen LogP contribution < -0.4 is 5.32 Å². The van der Waals surface area contributed by atoms with Gasteiger partial charge in [0.1, 0.15) is 9.84 Å². The zero-order chi connectivity index (χ0) is 14.3. The monoisotopic (exact) mass is 283 g/mol. The molecule has 19 heavy (non-hydrogen) atoms. The molecular formula is C15H25NO2S. The molecule has 1 aromatic carbocycles. The van der Waals surface area contributed by atoms with Crippen LogP contribution in [0.15, 0.2) is 24.3 Å². The van der Waals surface area contributed by atoms with Crippen molar-refractivity contribution in [2.75, 3.05) is 18.6 Å². The largest absolute Gasteiger partial charge is 0.314 e. The average molecular weight is 283 g/mol. The van der Waals surface area contributed by atoms with E-state index < -0.39 is 9.84 Å². The smallest absolute Gasteiger partial charge is 0.147 e. The summed E-state index contributed by atoms with van der Waals surface area (Å²) >= 11 is 0. The molecule has 3 nitrogen and oxygen atoms in total. The fraction of sp³-hybridized carbons (Fsp3) is 0.600. The lowest BCUT2D eigenvalue weighted by Crippen LogP contribution is -2.33. The molecule has 0 radical (unpaired) electrons. The van der Waals surface area contributed by atoms with E-state index in [2.05, 4.69) is 31.3 Å². The number of aryl methyl sites for hydroxylation is 1. The van der Waals surface area contributed by atoms with E-state index >= 15 is 0 Å². The number of benzene rings is 1. The Kier molecular flexibility index (Phi) is 6.52. The van der Waals surface area contributed by atoms with Crippen molar-refractivity contribution in [2.45, 2.75) is 39.2 Å². The van der Waals surface area contributed by atoms with E-state index in [0.29, 0.717) is 6.42 Å². The highest BCUT2D eigenvalue weighted by molar-refractivity contribution is 7.90. The molecule has 1 N–H and O–H groups in total. The lowest BCUT2D eigenvalue weighted by Gasteiger charge is -2.19. The highest BCUT2D eigenvalue weighted by Crippen LogP contribution is 2.12. The van der Waals surface area contributed by atoms with Gasteiger partial charge in [0.05, 0.1) is 5.75 Å². The van der Waals surface area contributed by atoms with Crippen LogP contribution in [0.25, 0.3) is 0 Å². The summed E-state index contributed by atoms with van der Waals surface area (Å²) < 4.78 is 22.6. The van der Waals surface area contributed by atoms with Crippen LogP contribution in [0.5, 0.6) is 0 Å². The highest BCUT2D eigenvalue weighted by Gasteiger charge is 2.13. The van der Waals surface area contributed by atoms with Gasteiger partial charge in [-0.15, -0.1) is 0 Å². The summed E-state index contributed by atoms with van der Waals surface area (Å²) in [6.07, 6.45) is 3.93. The van der Waals surface area contributed by atoms with Crippen LogP contribution in [-0.4, -0.2) is 33.0 Å². The number of nitrogens with one attached hydrogen (secondary N) is 1. The molecule has 4 heteroatoms. The number of rotatable bonds is 8. The van der Waals surface area contributed by atoms with Gasteiger partial charge in [0, 0.05) is 12.3 Å². The molecule has 1 unspecified atom stereocenters. The van der Waals surface area contributed by atoms with Crippen molar-refractivity contribution in [1.82, 2.24) is 5.32 Å². The van der Waals surface area contributed by atoms with Crippen molar-refractivity contribution in [3.05, 3.63) is 35.4 Å². The molecule has 0 aliphatic carbocycles. The molecule has 0 saturated heterocycles. The molecule has 1 rings (SSSR count). The van der Waals surface area contributed by atoms with Crippen LogP contribution in [0.3, 0.4) is 0 Å². The minimum absolute atomic E-state index is 0.232. The molecule has 108 valence electrons. The molecule has 1 atom stereocenters. The Morgan fingerprint density at radius 3 is 2.53 bits per heavy atom. The lowest BCUT2D eigenvalue weighted by molar-refractivity contribution is 0.491. The van der Waals surface area contributed by atoms with Gasteiger partial charge in [0.25, 0.3) is 0 Å². The maximum absolute atomic E-state index is 11.3. The molecule has 0 heterocycles. The third-order valence-corrected chi connectivity index (χ3v) is 4.22. The third-order valence-electron chi connectivity index (χ3n) is 3.25. The van der Waals surface area contributed by atoms with Crippen LogP contribution >= 0.6 is 0 Å². The second kappa shape index (κ2) is 7.65. The van der Waals surface area contributed by atoms with Gasteiger partial charge >= 0.3 is 0 Å². The van der Waals surface area contributed by atoms with E-state index in [1.54, 1.807) is 0 Å². The Morgan fingerprint density at radius 2 is 1.95 bits per heavy atom. The molecule has 0 aromatic heterocycles. The molecular weight excluding hydrogens is 258 g/mol. The fourth-order valence-corrected chi connectivity index (χ4v) is 2.80. The molecule has 1 aromatic rings. The normalized spacial score (nSPS) is 13.4. The van der Waals surface area contributed by atoms with Gasteiger partial charge in [-0.3, -0.25) is 0 Å². The summed E-state index contributed by atoms with van der Waals surface area (Å²) in [5.74, 6) is 0.250. The zero-order valence-corrected chi connectivity index (χ0v) is 13.0. The minimum Gasteiger partial charge on any atom is -0.314 e. The summed E-state index contributed by atoms with van der Waals surface area (Å²) in [5.41, 5.74) is 2.56. The minimum atomic E-state index is -2.89. The summed E-state index contributed by atoms with van der Waals surface area (Å²) in [5, 5.41) is 3.45. The quantitative estimate of drug-likeness (QED) is 0.796. The van der Waals surface area contributed by atoms with Crippen molar-refractivity contribution < 1.29 is 8.42 Å². The molecule has 0 spiro atoms. The van der Waals surface area contributed by atoms with Gasteiger partial charge in [-0.1, -0.05) is 31.2 Å². The first-order valence-electron chi connectivity index (χ1n) is 6.88. The van der Waals surface area contributed by atoms with Gasteiger partial charge in [-0.2, -0.15) is 0 Å². The van der Waals surface area contributed by atoms with E-state index in [0.717, 1.165) is 19.4 Å². The van der Waals surface area contributed by atoms with Gasteiger partial charge in [-0.05, 0) is 43.9 Å². The van der Waals surface area contributed by atoms with Crippen molar-refractivity contribution >= 4 is 9.84 Å². The van der Waals surface area contributed by atoms with Gasteiger partial charge in [-0.25, -0.2) is 8.42 Å². The third kappa shape index (κ3) is 6.73. The molecule has 0 fully saturated rings. The predicted molar refractivity (Wildman–Crippen MR) is 81.3 cm³/mol. The van der Waals surface area contributed by atoms with Crippen LogP contribution in [0.1, 0.15) is 30.9 Å². The Morgan fingerprint density at radius 1 is 1.26 bits per heavy atom. The van der Waals surface area contributed by atoms with Gasteiger partial charge in [0.2, 0.25) is 0 Å². The SMILES string of the molecule is CCCNC(CCS(C)(=O)=O)Cc1ccccc1C. The van der Waals surface area contributed by atoms with Crippen molar-refractivity contribution in [3.8, 4) is 0 Å². The molecule has 0 saturated carbocycles. The fourth-order valence-electron chi connectivity index (χ4n) is 2.09. The van der Waals surface area contributed by atoms with E-state index in [-0.39, 0.29) is 11.8 Å². The summed E-state index contributed by atoms with van der Waals surface area (Å²) in [6, 6.07) is 8.52. The van der Waals surface area contributed by atoms with E-state index in [4.69, 9.17) is 0 Å². The van der Waals surface area contributed by atoms with Crippen molar-refractivity contribution in [3.63, 3.8) is 0 Å². The summed E-state index contributed by atoms with van der Waals surface area (Å²) in [7, 11) is -2.89. The van der Waals surface area contributed by atoms with Crippen LogP contribution in [0, 0.1) is 6.92 Å². The topological polar surface area (TPSA) is 46.2 Å². The van der Waals surface area contributed by atoms with E-state index in [1.807, 2.05) is 12.1 Å². The van der Waals surface area contributed by atoms with Crippen LogP contribution in [-0.2, 0) is 16.3 Å². The van der Waals surface area contributed by atoms with Crippen molar-refractivity contribution in [1.29, 1.82) is 0 Å². The van der Waals surface area contributed by atoms with Crippen LogP contribution in [0.2, 0.25) is 0 Å². The number of hydrogen-bond acceptors (Lipinski definition) is 3. The second-order valence-corrected chi connectivity index (χ2v) is 7.46. The Balaban J connectivity index is 2.66. The Hall–Kier alpha value is -0.870. The standard InChI is InChI=1S/C15H25NO2S/c1-4-10-16-15(9-11-19(3,17)18)12-14-8-6-5-7-13(14)2/h5-8,15-16H,4,9-12H2,1-3H3. The first-order valence-corrected chi connectivity index (χ1v) is 8.94. The maximum Gasteiger partial charge on any atom is 0.147 e. The first-order chi connectivity index (χ1) is 8.92. The van der Waals surface area contributed by atoms with Crippen LogP contribution in [0.4, 0.5) is 0 Å². The molecule has 0 aliphatic heterocycles. The number of sulfone groups is 1. The predicted octanol–water partition coefficient (Wildman–Crippen LogP) is 2.34. The maximum atomic E-state index is 11.3. The number of hydrogen-bond donors (Lipinski definition) is 1. The Bertz CT molecular complexity index is 483. The lowest BCUT2D eigenvalue weighted by atomic mass is 9.99. The summed E-state index contributed by atoms with van der Waals surface area (Å²) in [4.78, 5) is 0. The molecule has 0 amide bonds. The molecule has 0 bridgehead atoms. The second-order valence-electron chi connectivity index (χ2n) is 5.20.